The molecule has 0 radical (unpaired) electrons. The van der Waals surface area contributed by atoms with Crippen molar-refractivity contribution in [1.82, 2.24) is 0 Å². The van der Waals surface area contributed by atoms with Crippen LogP contribution < -0.4 is 4.74 Å². The molecule has 1 aliphatic rings. The summed E-state index contributed by atoms with van der Waals surface area (Å²) in [5.74, 6) is 0.237. The average molecular weight is 487 g/mol. The molecule has 0 amide bonds. The number of aliphatic carboxylic acids is 1. The molecule has 188 valence electrons. The van der Waals surface area contributed by atoms with Gasteiger partial charge in [-0.05, 0) is 68.8 Å². The second-order valence-electron chi connectivity index (χ2n) is 10.6. The SMILES string of the molecule is CC(C)(C)[Si](C)(C)OC(CCC=CC[C@H]1C(=O)CC=C1CCCCOc1ccccc1)C(=O)O. The van der Waals surface area contributed by atoms with Gasteiger partial charge in [-0.15, -0.1) is 0 Å². The van der Waals surface area contributed by atoms with Crippen LogP contribution in [0.1, 0.15) is 65.7 Å². The predicted octanol–water partition coefficient (Wildman–Crippen LogP) is 6.95. The van der Waals surface area contributed by atoms with Crippen molar-refractivity contribution in [3.05, 3.63) is 54.1 Å². The van der Waals surface area contributed by atoms with Crippen molar-refractivity contribution in [2.24, 2.45) is 5.92 Å². The van der Waals surface area contributed by atoms with Gasteiger partial charge in [-0.1, -0.05) is 62.8 Å². The van der Waals surface area contributed by atoms with E-state index in [1.807, 2.05) is 42.5 Å². The molecule has 0 saturated heterocycles. The number of ketones is 1. The van der Waals surface area contributed by atoms with Gasteiger partial charge >= 0.3 is 5.97 Å². The fraction of sp³-hybridized carbons (Fsp3) is 0.571. The highest BCUT2D eigenvalue weighted by Gasteiger charge is 2.40. The Morgan fingerprint density at radius 2 is 1.88 bits per heavy atom. The minimum atomic E-state index is -2.14. The first-order valence-electron chi connectivity index (χ1n) is 12.5. The summed E-state index contributed by atoms with van der Waals surface area (Å²) < 4.78 is 11.9. The number of carboxylic acids is 1. The third-order valence-electron chi connectivity index (χ3n) is 6.93. The summed E-state index contributed by atoms with van der Waals surface area (Å²) in [5.41, 5.74) is 1.24. The highest BCUT2D eigenvalue weighted by atomic mass is 28.4. The molecular weight excluding hydrogens is 444 g/mol. The van der Waals surface area contributed by atoms with Gasteiger partial charge in [-0.25, -0.2) is 4.79 Å². The van der Waals surface area contributed by atoms with Gasteiger partial charge in [0.15, 0.2) is 8.32 Å². The first-order chi connectivity index (χ1) is 16.0. The Morgan fingerprint density at radius 3 is 2.53 bits per heavy atom. The van der Waals surface area contributed by atoms with E-state index in [-0.39, 0.29) is 16.7 Å². The molecule has 1 N–H and O–H groups in total. The van der Waals surface area contributed by atoms with Crippen LogP contribution in [0, 0.1) is 5.92 Å². The quantitative estimate of drug-likeness (QED) is 0.175. The second-order valence-corrected chi connectivity index (χ2v) is 15.4. The molecule has 0 saturated carbocycles. The van der Waals surface area contributed by atoms with E-state index in [1.165, 1.54) is 5.57 Å². The van der Waals surface area contributed by atoms with E-state index in [0.29, 0.717) is 32.3 Å². The van der Waals surface area contributed by atoms with Crippen molar-refractivity contribution in [2.45, 2.75) is 90.0 Å². The zero-order chi connectivity index (χ0) is 25.2. The maximum atomic E-state index is 12.4. The fourth-order valence-electron chi connectivity index (χ4n) is 3.78. The number of para-hydroxylation sites is 1. The Labute approximate surface area is 206 Å². The number of carbonyl (C=O) groups is 2. The lowest BCUT2D eigenvalue weighted by Gasteiger charge is -2.38. The van der Waals surface area contributed by atoms with Crippen molar-refractivity contribution in [1.29, 1.82) is 0 Å². The summed E-state index contributed by atoms with van der Waals surface area (Å²) >= 11 is 0. The molecule has 0 aliphatic heterocycles. The van der Waals surface area contributed by atoms with Crippen LogP contribution in [0.25, 0.3) is 0 Å². The first kappa shape index (κ1) is 28.1. The van der Waals surface area contributed by atoms with Crippen molar-refractivity contribution >= 4 is 20.1 Å². The molecule has 6 heteroatoms. The molecule has 2 atom stereocenters. The van der Waals surface area contributed by atoms with E-state index in [4.69, 9.17) is 9.16 Å². The normalized spacial score (nSPS) is 17.7. The smallest absolute Gasteiger partial charge is 0.331 e. The van der Waals surface area contributed by atoms with Crippen LogP contribution in [-0.2, 0) is 14.0 Å². The Kier molecular flexibility index (Phi) is 10.8. The van der Waals surface area contributed by atoms with Crippen LogP contribution in [0.15, 0.2) is 54.1 Å². The molecule has 0 aromatic heterocycles. The van der Waals surface area contributed by atoms with Gasteiger partial charge in [-0.3, -0.25) is 4.79 Å². The van der Waals surface area contributed by atoms with Crippen LogP contribution in [-0.4, -0.2) is 37.9 Å². The van der Waals surface area contributed by atoms with E-state index in [2.05, 4.69) is 39.9 Å². The van der Waals surface area contributed by atoms with Gasteiger partial charge in [-0.2, -0.15) is 0 Å². The largest absolute Gasteiger partial charge is 0.494 e. The van der Waals surface area contributed by atoms with Gasteiger partial charge in [0.2, 0.25) is 0 Å². The fourth-order valence-corrected chi connectivity index (χ4v) is 5.07. The van der Waals surface area contributed by atoms with Crippen LogP contribution in [0.4, 0.5) is 0 Å². The number of hydrogen-bond donors (Lipinski definition) is 1. The molecule has 1 aromatic rings. The molecule has 5 nitrogen and oxygen atoms in total. The van der Waals surface area contributed by atoms with Crippen LogP contribution >= 0.6 is 0 Å². The highest BCUT2D eigenvalue weighted by Crippen LogP contribution is 2.38. The van der Waals surface area contributed by atoms with Crippen LogP contribution in [0.5, 0.6) is 5.75 Å². The average Bonchev–Trinajstić information content (AvgIpc) is 3.11. The minimum Gasteiger partial charge on any atom is -0.494 e. The molecule has 34 heavy (non-hydrogen) atoms. The summed E-state index contributed by atoms with van der Waals surface area (Å²) in [6.45, 7) is 11.2. The van der Waals surface area contributed by atoms with Gasteiger partial charge in [0.25, 0.3) is 0 Å². The zero-order valence-corrected chi connectivity index (χ0v) is 22.5. The van der Waals surface area contributed by atoms with E-state index in [9.17, 15) is 14.7 Å². The second kappa shape index (κ2) is 13.1. The Bertz CT molecular complexity index is 851. The van der Waals surface area contributed by atoms with Crippen molar-refractivity contribution in [2.75, 3.05) is 6.61 Å². The molecular formula is C28H42O5Si. The molecule has 1 aliphatic carbocycles. The Balaban J connectivity index is 1.73. The minimum absolute atomic E-state index is 0.0320. The standard InChI is InChI=1S/C28H42O5Si/c1-28(2,3)34(4,5)33-26(27(30)31)18-11-7-10-17-24-22(19-20-25(24)29)14-12-13-21-32-23-15-8-6-9-16-23/h6-10,15-16,19,24,26H,11-14,17-18,20-21H2,1-5H3,(H,30,31)/t24-,26?/m1/s1. The zero-order valence-electron chi connectivity index (χ0n) is 21.5. The van der Waals surface area contributed by atoms with Crippen molar-refractivity contribution < 1.29 is 23.9 Å². The summed E-state index contributed by atoms with van der Waals surface area (Å²) in [6, 6.07) is 9.81. The number of Topliss-reactive ketones (excluding diaryl/α,β-unsaturated/α-hetero) is 1. The van der Waals surface area contributed by atoms with Gasteiger partial charge in [0.05, 0.1) is 6.61 Å². The van der Waals surface area contributed by atoms with Crippen molar-refractivity contribution in [3.8, 4) is 5.75 Å². The molecule has 0 spiro atoms. The van der Waals surface area contributed by atoms with Gasteiger partial charge in [0, 0.05) is 12.3 Å². The lowest BCUT2D eigenvalue weighted by Crippen LogP contribution is -2.46. The number of carbonyl (C=O) groups excluding carboxylic acids is 1. The van der Waals surface area contributed by atoms with Crippen LogP contribution in [0.2, 0.25) is 18.1 Å². The predicted molar refractivity (Wildman–Crippen MR) is 140 cm³/mol. The van der Waals surface area contributed by atoms with Gasteiger partial charge < -0.3 is 14.3 Å². The molecule has 1 aromatic carbocycles. The number of benzene rings is 1. The van der Waals surface area contributed by atoms with E-state index in [0.717, 1.165) is 25.0 Å². The van der Waals surface area contributed by atoms with E-state index >= 15 is 0 Å². The number of hydrogen-bond acceptors (Lipinski definition) is 4. The number of allylic oxidation sites excluding steroid dienone is 4. The third-order valence-corrected chi connectivity index (χ3v) is 11.4. The lowest BCUT2D eigenvalue weighted by atomic mass is 9.93. The first-order valence-corrected chi connectivity index (χ1v) is 15.4. The van der Waals surface area contributed by atoms with E-state index in [1.54, 1.807) is 0 Å². The number of ether oxygens (including phenoxy) is 1. The van der Waals surface area contributed by atoms with Gasteiger partial charge in [0.1, 0.15) is 17.6 Å². The topological polar surface area (TPSA) is 72.8 Å². The summed E-state index contributed by atoms with van der Waals surface area (Å²) in [5, 5.41) is 9.57. The van der Waals surface area contributed by atoms with Crippen LogP contribution in [0.3, 0.4) is 0 Å². The lowest BCUT2D eigenvalue weighted by molar-refractivity contribution is -0.145. The maximum Gasteiger partial charge on any atom is 0.331 e. The summed E-state index contributed by atoms with van der Waals surface area (Å²) in [7, 11) is -2.14. The molecule has 0 bridgehead atoms. The molecule has 2 rings (SSSR count). The Hall–Kier alpha value is -2.18. The molecule has 1 unspecified atom stereocenters. The molecule has 0 fully saturated rings. The number of rotatable bonds is 14. The monoisotopic (exact) mass is 486 g/mol. The third kappa shape index (κ3) is 8.88. The van der Waals surface area contributed by atoms with E-state index < -0.39 is 20.4 Å². The number of carboxylic acid groups (broad SMARTS) is 1. The summed E-state index contributed by atoms with van der Waals surface area (Å²) in [4.78, 5) is 24.1. The number of unbranched alkanes of at least 4 members (excludes halogenated alkanes) is 1. The van der Waals surface area contributed by atoms with Crippen molar-refractivity contribution in [3.63, 3.8) is 0 Å². The highest BCUT2D eigenvalue weighted by molar-refractivity contribution is 6.74. The Morgan fingerprint density at radius 1 is 1.18 bits per heavy atom. The molecule has 0 heterocycles. The summed E-state index contributed by atoms with van der Waals surface area (Å²) in [6.07, 6.45) is 10.5. The maximum absolute atomic E-state index is 12.4.